The smallest absolute Gasteiger partial charge is 0.303 e. The lowest BCUT2D eigenvalue weighted by Gasteiger charge is -2.11. The number of hydrogen-bond acceptors (Lipinski definition) is 3. The minimum absolute atomic E-state index is 0.0477. The van der Waals surface area contributed by atoms with Crippen molar-refractivity contribution < 1.29 is 14.7 Å². The normalized spacial score (nSPS) is 20.3. The predicted octanol–water partition coefficient (Wildman–Crippen LogP) is 0.123. The second kappa shape index (κ2) is 4.88. The molecule has 1 saturated heterocycles. The van der Waals surface area contributed by atoms with Gasteiger partial charge < -0.3 is 10.4 Å². The van der Waals surface area contributed by atoms with Crippen LogP contribution in [0, 0.1) is 0 Å². The summed E-state index contributed by atoms with van der Waals surface area (Å²) in [6, 6.07) is -0.506. The molecule has 0 saturated carbocycles. The van der Waals surface area contributed by atoms with Crippen molar-refractivity contribution in [1.29, 1.82) is 0 Å². The third-order valence-electron chi connectivity index (χ3n) is 2.07. The molecule has 1 aliphatic rings. The molecule has 1 atom stereocenters. The van der Waals surface area contributed by atoms with Gasteiger partial charge in [-0.3, -0.25) is 14.5 Å². The zero-order valence-corrected chi connectivity index (χ0v) is 8.92. The highest BCUT2D eigenvalue weighted by Crippen LogP contribution is 2.11. The molecule has 2 N–H and O–H groups in total. The number of carbonyl (C=O) groups is 2. The quantitative estimate of drug-likeness (QED) is 0.517. The SMILES string of the molecule is C=CCN1C(=O)[C@H](CCC(=O)O)NC1=S. The van der Waals surface area contributed by atoms with Gasteiger partial charge in [-0.1, -0.05) is 6.08 Å². The van der Waals surface area contributed by atoms with E-state index in [1.165, 1.54) is 4.90 Å². The fraction of sp³-hybridized carbons (Fsp3) is 0.444. The van der Waals surface area contributed by atoms with E-state index in [4.69, 9.17) is 17.3 Å². The molecule has 5 nitrogen and oxygen atoms in total. The molecule has 0 spiro atoms. The van der Waals surface area contributed by atoms with Crippen LogP contribution in [0.1, 0.15) is 12.8 Å². The summed E-state index contributed by atoms with van der Waals surface area (Å²) in [7, 11) is 0. The van der Waals surface area contributed by atoms with Crippen LogP contribution in [0.4, 0.5) is 0 Å². The highest BCUT2D eigenvalue weighted by Gasteiger charge is 2.34. The first-order chi connectivity index (χ1) is 7.06. The average Bonchev–Trinajstić information content (AvgIpc) is 2.43. The van der Waals surface area contributed by atoms with Crippen molar-refractivity contribution in [2.75, 3.05) is 6.54 Å². The molecule has 0 aliphatic carbocycles. The Morgan fingerprint density at radius 1 is 1.73 bits per heavy atom. The van der Waals surface area contributed by atoms with Gasteiger partial charge in [0.25, 0.3) is 5.91 Å². The van der Waals surface area contributed by atoms with Crippen LogP contribution in [-0.4, -0.2) is 39.6 Å². The maximum atomic E-state index is 11.7. The van der Waals surface area contributed by atoms with Crippen LogP contribution >= 0.6 is 12.2 Å². The van der Waals surface area contributed by atoms with Crippen molar-refractivity contribution in [3.8, 4) is 0 Å². The van der Waals surface area contributed by atoms with Crippen molar-refractivity contribution in [2.24, 2.45) is 0 Å². The maximum Gasteiger partial charge on any atom is 0.303 e. The van der Waals surface area contributed by atoms with Crippen molar-refractivity contribution >= 4 is 29.2 Å². The van der Waals surface area contributed by atoms with Gasteiger partial charge in [0, 0.05) is 13.0 Å². The zero-order valence-electron chi connectivity index (χ0n) is 8.10. The minimum atomic E-state index is -0.919. The fourth-order valence-corrected chi connectivity index (χ4v) is 1.65. The molecular weight excluding hydrogens is 216 g/mol. The zero-order chi connectivity index (χ0) is 11.4. The summed E-state index contributed by atoms with van der Waals surface area (Å²) >= 11 is 4.94. The number of carbonyl (C=O) groups excluding carboxylic acids is 1. The van der Waals surface area contributed by atoms with E-state index in [0.29, 0.717) is 11.7 Å². The standard InChI is InChI=1S/C9H12N2O3S/c1-2-5-11-8(14)6(10-9(11)15)3-4-7(12)13/h2,6H,1,3-5H2,(H,10,15)(H,12,13)/t6-/m0/s1. The number of amides is 1. The Labute approximate surface area is 92.7 Å². The van der Waals surface area contributed by atoms with Crippen LogP contribution in [0.5, 0.6) is 0 Å². The molecule has 0 aromatic carbocycles. The van der Waals surface area contributed by atoms with Crippen molar-refractivity contribution in [2.45, 2.75) is 18.9 Å². The molecule has 1 rings (SSSR count). The number of rotatable bonds is 5. The molecule has 0 aromatic rings. The third kappa shape index (κ3) is 2.76. The van der Waals surface area contributed by atoms with E-state index in [-0.39, 0.29) is 18.7 Å². The first-order valence-electron chi connectivity index (χ1n) is 4.51. The second-order valence-electron chi connectivity index (χ2n) is 3.17. The van der Waals surface area contributed by atoms with E-state index in [1.54, 1.807) is 6.08 Å². The number of nitrogens with one attached hydrogen (secondary N) is 1. The van der Waals surface area contributed by atoms with Gasteiger partial charge in [-0.2, -0.15) is 0 Å². The number of carboxylic acids is 1. The molecule has 0 radical (unpaired) electrons. The number of nitrogens with zero attached hydrogens (tertiary/aromatic N) is 1. The molecule has 1 amide bonds. The van der Waals surface area contributed by atoms with Gasteiger partial charge in [-0.25, -0.2) is 0 Å². The largest absolute Gasteiger partial charge is 0.481 e. The minimum Gasteiger partial charge on any atom is -0.481 e. The van der Waals surface area contributed by atoms with Gasteiger partial charge in [0.2, 0.25) is 0 Å². The van der Waals surface area contributed by atoms with Gasteiger partial charge in [0.1, 0.15) is 6.04 Å². The van der Waals surface area contributed by atoms with Crippen molar-refractivity contribution in [3.63, 3.8) is 0 Å². The van der Waals surface area contributed by atoms with E-state index in [1.807, 2.05) is 0 Å². The molecule has 0 bridgehead atoms. The van der Waals surface area contributed by atoms with E-state index >= 15 is 0 Å². The molecule has 1 aliphatic heterocycles. The summed E-state index contributed by atoms with van der Waals surface area (Å²) in [5.41, 5.74) is 0. The lowest BCUT2D eigenvalue weighted by molar-refractivity contribution is -0.137. The molecule has 82 valence electrons. The Bertz CT molecular complexity index is 316. The highest BCUT2D eigenvalue weighted by atomic mass is 32.1. The van der Waals surface area contributed by atoms with Gasteiger partial charge in [-0.05, 0) is 18.6 Å². The van der Waals surface area contributed by atoms with Gasteiger partial charge >= 0.3 is 5.97 Å². The van der Waals surface area contributed by atoms with Crippen molar-refractivity contribution in [3.05, 3.63) is 12.7 Å². The average molecular weight is 228 g/mol. The van der Waals surface area contributed by atoms with Crippen molar-refractivity contribution in [1.82, 2.24) is 10.2 Å². The Kier molecular flexibility index (Phi) is 3.79. The van der Waals surface area contributed by atoms with E-state index in [2.05, 4.69) is 11.9 Å². The maximum absolute atomic E-state index is 11.7. The lowest BCUT2D eigenvalue weighted by Crippen LogP contribution is -2.31. The Balaban J connectivity index is 2.56. The fourth-order valence-electron chi connectivity index (χ4n) is 1.34. The first kappa shape index (κ1) is 11.6. The summed E-state index contributed by atoms with van der Waals surface area (Å²) in [5, 5.41) is 11.6. The second-order valence-corrected chi connectivity index (χ2v) is 3.56. The predicted molar refractivity (Wildman–Crippen MR) is 58.3 cm³/mol. The number of carboxylic acid groups (broad SMARTS) is 1. The molecular formula is C9H12N2O3S. The Morgan fingerprint density at radius 2 is 2.40 bits per heavy atom. The van der Waals surface area contributed by atoms with Gasteiger partial charge in [0.15, 0.2) is 5.11 Å². The monoisotopic (exact) mass is 228 g/mol. The third-order valence-corrected chi connectivity index (χ3v) is 2.40. The van der Waals surface area contributed by atoms with E-state index < -0.39 is 12.0 Å². The number of thiocarbonyl (C=S) groups is 1. The van der Waals surface area contributed by atoms with Crippen LogP contribution < -0.4 is 5.32 Å². The Morgan fingerprint density at radius 3 is 2.93 bits per heavy atom. The molecule has 1 fully saturated rings. The lowest BCUT2D eigenvalue weighted by atomic mass is 10.1. The van der Waals surface area contributed by atoms with E-state index in [9.17, 15) is 9.59 Å². The number of hydrogen-bond donors (Lipinski definition) is 2. The van der Waals surface area contributed by atoms with Crippen LogP contribution in [0.15, 0.2) is 12.7 Å². The summed E-state index contributed by atoms with van der Waals surface area (Å²) < 4.78 is 0. The molecule has 1 heterocycles. The van der Waals surface area contributed by atoms with Gasteiger partial charge in [0.05, 0.1) is 0 Å². The summed E-state index contributed by atoms with van der Waals surface area (Å²) in [5.74, 6) is -1.10. The summed E-state index contributed by atoms with van der Waals surface area (Å²) in [4.78, 5) is 23.4. The first-order valence-corrected chi connectivity index (χ1v) is 4.91. The molecule has 15 heavy (non-hydrogen) atoms. The van der Waals surface area contributed by atoms with Crippen LogP contribution in [0.3, 0.4) is 0 Å². The van der Waals surface area contributed by atoms with Crippen LogP contribution in [0.2, 0.25) is 0 Å². The number of aliphatic carboxylic acids is 1. The molecule has 0 unspecified atom stereocenters. The summed E-state index contributed by atoms with van der Waals surface area (Å²) in [6.07, 6.45) is 1.78. The highest BCUT2D eigenvalue weighted by molar-refractivity contribution is 7.80. The topological polar surface area (TPSA) is 69.6 Å². The molecule has 0 aromatic heterocycles. The van der Waals surface area contributed by atoms with Crippen LogP contribution in [0.25, 0.3) is 0 Å². The van der Waals surface area contributed by atoms with E-state index in [0.717, 1.165) is 0 Å². The molecule has 6 heteroatoms. The van der Waals surface area contributed by atoms with Crippen LogP contribution in [-0.2, 0) is 9.59 Å². The Hall–Kier alpha value is -1.43. The summed E-state index contributed by atoms with van der Waals surface area (Å²) in [6.45, 7) is 3.87. The van der Waals surface area contributed by atoms with Gasteiger partial charge in [-0.15, -0.1) is 6.58 Å².